The molecule has 1 aliphatic rings. The SMILES string of the molecule is CC1CN(CCCCC(F)(F)F)CCN1. The third-order valence-corrected chi connectivity index (χ3v) is 2.64. The Morgan fingerprint density at radius 3 is 2.67 bits per heavy atom. The number of rotatable bonds is 4. The fraction of sp³-hybridized carbons (Fsp3) is 1.00. The molecule has 0 aromatic heterocycles. The summed E-state index contributed by atoms with van der Waals surface area (Å²) in [6, 6.07) is 0.460. The van der Waals surface area contributed by atoms with E-state index in [9.17, 15) is 13.2 Å². The minimum Gasteiger partial charge on any atom is -0.312 e. The van der Waals surface area contributed by atoms with Gasteiger partial charge in [-0.3, -0.25) is 0 Å². The average Bonchev–Trinajstić information content (AvgIpc) is 2.11. The predicted molar refractivity (Wildman–Crippen MR) is 53.8 cm³/mol. The number of unbranched alkanes of at least 4 members (excludes halogenated alkanes) is 1. The second kappa shape index (κ2) is 5.70. The number of nitrogens with zero attached hydrogens (tertiary/aromatic N) is 1. The first-order valence-corrected chi connectivity index (χ1v) is 5.50. The van der Waals surface area contributed by atoms with E-state index in [-0.39, 0.29) is 6.42 Å². The highest BCUT2D eigenvalue weighted by Gasteiger charge is 2.26. The molecule has 15 heavy (non-hydrogen) atoms. The molecule has 0 amide bonds. The van der Waals surface area contributed by atoms with Crippen LogP contribution >= 0.6 is 0 Å². The van der Waals surface area contributed by atoms with Crippen molar-refractivity contribution in [1.82, 2.24) is 10.2 Å². The van der Waals surface area contributed by atoms with Gasteiger partial charge in [-0.05, 0) is 26.3 Å². The lowest BCUT2D eigenvalue weighted by Crippen LogP contribution is -2.49. The molecule has 1 fully saturated rings. The first kappa shape index (κ1) is 12.8. The molecule has 90 valence electrons. The Labute approximate surface area is 88.8 Å². The largest absolute Gasteiger partial charge is 0.389 e. The summed E-state index contributed by atoms with van der Waals surface area (Å²) in [4.78, 5) is 2.23. The van der Waals surface area contributed by atoms with Gasteiger partial charge in [0.2, 0.25) is 0 Å². The fourth-order valence-corrected chi connectivity index (χ4v) is 1.88. The first-order valence-electron chi connectivity index (χ1n) is 5.50. The number of alkyl halides is 3. The van der Waals surface area contributed by atoms with E-state index >= 15 is 0 Å². The Bertz CT molecular complexity index is 182. The molecule has 0 radical (unpaired) electrons. The second-order valence-electron chi connectivity index (χ2n) is 4.23. The zero-order chi connectivity index (χ0) is 11.3. The summed E-state index contributed by atoms with van der Waals surface area (Å²) < 4.78 is 35.6. The molecule has 1 unspecified atom stereocenters. The Morgan fingerprint density at radius 2 is 2.07 bits per heavy atom. The number of nitrogens with one attached hydrogen (secondary N) is 1. The zero-order valence-corrected chi connectivity index (χ0v) is 9.11. The van der Waals surface area contributed by atoms with Crippen LogP contribution in [0.25, 0.3) is 0 Å². The van der Waals surface area contributed by atoms with Crippen molar-refractivity contribution in [1.29, 1.82) is 0 Å². The lowest BCUT2D eigenvalue weighted by atomic mass is 10.2. The van der Waals surface area contributed by atoms with Crippen LogP contribution in [0.2, 0.25) is 0 Å². The van der Waals surface area contributed by atoms with Crippen LogP contribution in [-0.2, 0) is 0 Å². The molecule has 0 aromatic carbocycles. The molecule has 2 nitrogen and oxygen atoms in total. The summed E-state index contributed by atoms with van der Waals surface area (Å²) in [6.07, 6.45) is -3.74. The van der Waals surface area contributed by atoms with Crippen LogP contribution in [0.15, 0.2) is 0 Å². The highest BCUT2D eigenvalue weighted by Crippen LogP contribution is 2.22. The molecule has 1 atom stereocenters. The number of piperazine rings is 1. The molecule has 5 heteroatoms. The molecule has 1 N–H and O–H groups in total. The van der Waals surface area contributed by atoms with Gasteiger partial charge in [-0.2, -0.15) is 13.2 Å². The monoisotopic (exact) mass is 224 g/mol. The Hall–Kier alpha value is -0.290. The van der Waals surface area contributed by atoms with Crippen LogP contribution in [0.3, 0.4) is 0 Å². The normalized spacial score (nSPS) is 24.4. The van der Waals surface area contributed by atoms with Crippen molar-refractivity contribution in [2.45, 2.75) is 38.4 Å². The van der Waals surface area contributed by atoms with Crippen molar-refractivity contribution in [3.8, 4) is 0 Å². The summed E-state index contributed by atoms with van der Waals surface area (Å²) in [5.74, 6) is 0. The Morgan fingerprint density at radius 1 is 1.33 bits per heavy atom. The fourth-order valence-electron chi connectivity index (χ4n) is 1.88. The van der Waals surface area contributed by atoms with E-state index in [1.54, 1.807) is 0 Å². The molecule has 0 aromatic rings. The number of halogens is 3. The molecular weight excluding hydrogens is 205 g/mol. The third kappa shape index (κ3) is 5.99. The van der Waals surface area contributed by atoms with E-state index in [0.29, 0.717) is 12.5 Å². The molecular formula is C10H19F3N2. The lowest BCUT2D eigenvalue weighted by Gasteiger charge is -2.31. The van der Waals surface area contributed by atoms with Crippen molar-refractivity contribution in [2.24, 2.45) is 0 Å². The van der Waals surface area contributed by atoms with Crippen LogP contribution in [0.4, 0.5) is 13.2 Å². The third-order valence-electron chi connectivity index (χ3n) is 2.64. The molecule has 0 aliphatic carbocycles. The van der Waals surface area contributed by atoms with Gasteiger partial charge in [0.05, 0.1) is 0 Å². The van der Waals surface area contributed by atoms with E-state index in [1.165, 1.54) is 0 Å². The van der Waals surface area contributed by atoms with E-state index < -0.39 is 12.6 Å². The van der Waals surface area contributed by atoms with Crippen molar-refractivity contribution >= 4 is 0 Å². The van der Waals surface area contributed by atoms with E-state index in [4.69, 9.17) is 0 Å². The Balaban J connectivity index is 2.04. The average molecular weight is 224 g/mol. The van der Waals surface area contributed by atoms with Crippen LogP contribution in [0.1, 0.15) is 26.2 Å². The zero-order valence-electron chi connectivity index (χ0n) is 9.11. The number of hydrogen-bond acceptors (Lipinski definition) is 2. The summed E-state index contributed by atoms with van der Waals surface area (Å²) in [6.45, 7) is 5.74. The van der Waals surface area contributed by atoms with Crippen LogP contribution < -0.4 is 5.32 Å². The maximum atomic E-state index is 11.9. The van der Waals surface area contributed by atoms with Gasteiger partial charge in [0, 0.05) is 32.1 Å². The highest BCUT2D eigenvalue weighted by molar-refractivity contribution is 4.74. The molecule has 1 rings (SSSR count). The molecule has 0 bridgehead atoms. The topological polar surface area (TPSA) is 15.3 Å². The van der Waals surface area contributed by atoms with Gasteiger partial charge in [0.1, 0.15) is 0 Å². The van der Waals surface area contributed by atoms with Crippen LogP contribution in [0.5, 0.6) is 0 Å². The summed E-state index contributed by atoms with van der Waals surface area (Å²) in [5, 5.41) is 3.30. The minimum absolute atomic E-state index is 0.252. The quantitative estimate of drug-likeness (QED) is 0.735. The predicted octanol–water partition coefficient (Wildman–Crippen LogP) is 2.01. The van der Waals surface area contributed by atoms with Gasteiger partial charge in [0.15, 0.2) is 0 Å². The van der Waals surface area contributed by atoms with Crippen molar-refractivity contribution in [2.75, 3.05) is 26.2 Å². The summed E-state index contributed by atoms with van der Waals surface area (Å²) in [5.41, 5.74) is 0. The molecule has 0 spiro atoms. The molecule has 1 aliphatic heterocycles. The van der Waals surface area contributed by atoms with Gasteiger partial charge in [-0.15, -0.1) is 0 Å². The van der Waals surface area contributed by atoms with Gasteiger partial charge >= 0.3 is 6.18 Å². The maximum Gasteiger partial charge on any atom is 0.389 e. The van der Waals surface area contributed by atoms with Crippen LogP contribution in [-0.4, -0.2) is 43.3 Å². The second-order valence-corrected chi connectivity index (χ2v) is 4.23. The van der Waals surface area contributed by atoms with E-state index in [2.05, 4.69) is 17.1 Å². The molecule has 0 saturated carbocycles. The maximum absolute atomic E-state index is 11.9. The standard InChI is InChI=1S/C10H19F3N2/c1-9-8-15(7-5-14-9)6-3-2-4-10(11,12)13/h9,14H,2-8H2,1H3. The van der Waals surface area contributed by atoms with Crippen molar-refractivity contribution in [3.05, 3.63) is 0 Å². The minimum atomic E-state index is -3.99. The summed E-state index contributed by atoms with van der Waals surface area (Å²) >= 11 is 0. The van der Waals surface area contributed by atoms with Gasteiger partial charge < -0.3 is 10.2 Å². The summed E-state index contributed by atoms with van der Waals surface area (Å²) in [7, 11) is 0. The van der Waals surface area contributed by atoms with Crippen LogP contribution in [0, 0.1) is 0 Å². The van der Waals surface area contributed by atoms with Crippen molar-refractivity contribution < 1.29 is 13.2 Å². The van der Waals surface area contributed by atoms with Gasteiger partial charge in [-0.25, -0.2) is 0 Å². The first-order chi connectivity index (χ1) is 6.97. The highest BCUT2D eigenvalue weighted by atomic mass is 19.4. The van der Waals surface area contributed by atoms with Crippen molar-refractivity contribution in [3.63, 3.8) is 0 Å². The number of hydrogen-bond donors (Lipinski definition) is 1. The molecule has 1 saturated heterocycles. The molecule has 1 heterocycles. The van der Waals surface area contributed by atoms with Gasteiger partial charge in [-0.1, -0.05) is 0 Å². The Kier molecular flexibility index (Phi) is 4.86. The van der Waals surface area contributed by atoms with E-state index in [1.807, 2.05) is 0 Å². The lowest BCUT2D eigenvalue weighted by molar-refractivity contribution is -0.135. The van der Waals surface area contributed by atoms with E-state index in [0.717, 1.165) is 26.2 Å². The van der Waals surface area contributed by atoms with Gasteiger partial charge in [0.25, 0.3) is 0 Å². The smallest absolute Gasteiger partial charge is 0.312 e.